The Bertz CT molecular complexity index is 679. The number of rotatable bonds is 4. The Morgan fingerprint density at radius 2 is 2.21 bits per heavy atom. The molecule has 0 aliphatic carbocycles. The van der Waals surface area contributed by atoms with Crippen molar-refractivity contribution in [2.45, 2.75) is 25.4 Å². The van der Waals surface area contributed by atoms with E-state index in [0.29, 0.717) is 5.56 Å². The van der Waals surface area contributed by atoms with E-state index in [-0.39, 0.29) is 11.9 Å². The van der Waals surface area contributed by atoms with Gasteiger partial charge in [0.1, 0.15) is 17.0 Å². The third kappa shape index (κ3) is 3.24. The molecule has 2 fully saturated rings. The standard InChI is InChI=1S/C17H21N3O3S/c21-17(20-4-1-2-15(20)16-18-3-9-24-16)13-10-14(23-12-13)11-19-5-7-22-8-6-19/h3,9-10,12,15H,1-2,4-8,11H2/t15-/m0/s1. The van der Waals surface area contributed by atoms with E-state index in [9.17, 15) is 4.79 Å². The van der Waals surface area contributed by atoms with E-state index < -0.39 is 0 Å². The Hall–Kier alpha value is -1.70. The number of thiazole rings is 1. The predicted molar refractivity (Wildman–Crippen MR) is 89.9 cm³/mol. The van der Waals surface area contributed by atoms with Gasteiger partial charge in [0.25, 0.3) is 5.91 Å². The van der Waals surface area contributed by atoms with Gasteiger partial charge in [0.15, 0.2) is 0 Å². The Kier molecular flexibility index (Phi) is 4.64. The first-order valence-corrected chi connectivity index (χ1v) is 9.27. The van der Waals surface area contributed by atoms with Crippen molar-refractivity contribution in [1.82, 2.24) is 14.8 Å². The Morgan fingerprint density at radius 1 is 1.33 bits per heavy atom. The summed E-state index contributed by atoms with van der Waals surface area (Å²) in [6, 6.07) is 1.99. The number of carbonyl (C=O) groups is 1. The van der Waals surface area contributed by atoms with E-state index in [1.807, 2.05) is 16.3 Å². The van der Waals surface area contributed by atoms with Crippen LogP contribution in [0.4, 0.5) is 0 Å². The fourth-order valence-electron chi connectivity index (χ4n) is 3.39. The third-order valence-corrected chi connectivity index (χ3v) is 5.51. The summed E-state index contributed by atoms with van der Waals surface area (Å²) in [6.45, 7) is 4.84. The molecule has 0 saturated carbocycles. The zero-order valence-corrected chi connectivity index (χ0v) is 14.3. The van der Waals surface area contributed by atoms with E-state index in [4.69, 9.17) is 9.15 Å². The zero-order chi connectivity index (χ0) is 16.4. The lowest BCUT2D eigenvalue weighted by Gasteiger charge is -2.25. The monoisotopic (exact) mass is 347 g/mol. The number of hydrogen-bond acceptors (Lipinski definition) is 6. The van der Waals surface area contributed by atoms with Crippen LogP contribution in [0, 0.1) is 0 Å². The van der Waals surface area contributed by atoms with Gasteiger partial charge in [-0.2, -0.15) is 0 Å². The molecule has 0 aromatic carbocycles. The minimum absolute atomic E-state index is 0.0460. The van der Waals surface area contributed by atoms with Gasteiger partial charge in [-0.3, -0.25) is 9.69 Å². The van der Waals surface area contributed by atoms with Crippen LogP contribution >= 0.6 is 11.3 Å². The van der Waals surface area contributed by atoms with Gasteiger partial charge in [-0.15, -0.1) is 11.3 Å². The molecular weight excluding hydrogens is 326 g/mol. The molecule has 24 heavy (non-hydrogen) atoms. The molecule has 1 amide bonds. The van der Waals surface area contributed by atoms with Gasteiger partial charge < -0.3 is 14.1 Å². The molecule has 6 nitrogen and oxygen atoms in total. The molecule has 2 aliphatic rings. The molecule has 128 valence electrons. The normalized spacial score (nSPS) is 22.2. The van der Waals surface area contributed by atoms with Gasteiger partial charge in [0, 0.05) is 31.2 Å². The van der Waals surface area contributed by atoms with Gasteiger partial charge in [-0.1, -0.05) is 0 Å². The van der Waals surface area contributed by atoms with Crippen LogP contribution in [0.15, 0.2) is 28.3 Å². The van der Waals surface area contributed by atoms with Crippen LogP contribution in [-0.4, -0.2) is 53.5 Å². The quantitative estimate of drug-likeness (QED) is 0.851. The number of amides is 1. The fraction of sp³-hybridized carbons (Fsp3) is 0.529. The SMILES string of the molecule is O=C(c1coc(CN2CCOCC2)c1)N1CCC[C@H]1c1nccs1. The van der Waals surface area contributed by atoms with Crippen LogP contribution in [0.5, 0.6) is 0 Å². The Morgan fingerprint density at radius 3 is 3.00 bits per heavy atom. The van der Waals surface area contributed by atoms with E-state index >= 15 is 0 Å². The maximum atomic E-state index is 12.9. The summed E-state index contributed by atoms with van der Waals surface area (Å²) in [5.41, 5.74) is 0.640. The summed E-state index contributed by atoms with van der Waals surface area (Å²) in [7, 11) is 0. The summed E-state index contributed by atoms with van der Waals surface area (Å²) >= 11 is 1.62. The smallest absolute Gasteiger partial charge is 0.257 e. The van der Waals surface area contributed by atoms with Crippen molar-refractivity contribution in [1.29, 1.82) is 0 Å². The minimum Gasteiger partial charge on any atom is -0.467 e. The van der Waals surface area contributed by atoms with Crippen molar-refractivity contribution in [2.75, 3.05) is 32.8 Å². The number of likely N-dealkylation sites (tertiary alicyclic amines) is 1. The van der Waals surface area contributed by atoms with Crippen molar-refractivity contribution >= 4 is 17.2 Å². The molecule has 0 radical (unpaired) electrons. The zero-order valence-electron chi connectivity index (χ0n) is 13.5. The highest BCUT2D eigenvalue weighted by Crippen LogP contribution is 2.34. The second-order valence-corrected chi connectivity index (χ2v) is 7.14. The average Bonchev–Trinajstić information content (AvgIpc) is 3.35. The van der Waals surface area contributed by atoms with Crippen LogP contribution in [0.2, 0.25) is 0 Å². The van der Waals surface area contributed by atoms with Gasteiger partial charge in [0.2, 0.25) is 0 Å². The van der Waals surface area contributed by atoms with Gasteiger partial charge in [-0.25, -0.2) is 4.98 Å². The first-order chi connectivity index (χ1) is 11.8. The van der Waals surface area contributed by atoms with Crippen molar-refractivity contribution in [2.24, 2.45) is 0 Å². The highest BCUT2D eigenvalue weighted by molar-refractivity contribution is 7.09. The Labute approximate surface area is 145 Å². The van der Waals surface area contributed by atoms with E-state index in [2.05, 4.69) is 9.88 Å². The topological polar surface area (TPSA) is 58.8 Å². The Balaban J connectivity index is 1.44. The lowest BCUT2D eigenvalue weighted by Crippen LogP contribution is -2.35. The molecule has 4 heterocycles. The van der Waals surface area contributed by atoms with Gasteiger partial charge >= 0.3 is 0 Å². The number of nitrogens with zero attached hydrogens (tertiary/aromatic N) is 3. The molecule has 0 spiro atoms. The molecule has 0 N–H and O–H groups in total. The largest absolute Gasteiger partial charge is 0.467 e. The summed E-state index contributed by atoms with van der Waals surface area (Å²) in [5, 5.41) is 2.99. The molecule has 4 rings (SSSR count). The molecule has 0 unspecified atom stereocenters. The fourth-order valence-corrected chi connectivity index (χ4v) is 4.17. The van der Waals surface area contributed by atoms with Gasteiger partial charge in [0.05, 0.1) is 31.4 Å². The second kappa shape index (κ2) is 7.04. The lowest BCUT2D eigenvalue weighted by atomic mass is 10.2. The highest BCUT2D eigenvalue weighted by Gasteiger charge is 2.32. The predicted octanol–water partition coefficient (Wildman–Crippen LogP) is 2.55. The molecule has 7 heteroatoms. The van der Waals surface area contributed by atoms with Crippen molar-refractivity contribution in [3.8, 4) is 0 Å². The number of furan rings is 1. The lowest BCUT2D eigenvalue weighted by molar-refractivity contribution is 0.0313. The van der Waals surface area contributed by atoms with Gasteiger partial charge in [-0.05, 0) is 18.9 Å². The molecule has 2 saturated heterocycles. The number of morpholine rings is 1. The molecule has 2 aromatic rings. The second-order valence-electron chi connectivity index (χ2n) is 6.22. The summed E-state index contributed by atoms with van der Waals surface area (Å²) in [5.74, 6) is 0.884. The maximum Gasteiger partial charge on any atom is 0.257 e. The van der Waals surface area contributed by atoms with Crippen LogP contribution < -0.4 is 0 Å². The summed E-state index contributed by atoms with van der Waals surface area (Å²) in [6.07, 6.45) is 5.40. The highest BCUT2D eigenvalue weighted by atomic mass is 32.1. The number of aromatic nitrogens is 1. The average molecular weight is 347 g/mol. The molecule has 2 aliphatic heterocycles. The maximum absolute atomic E-state index is 12.9. The number of hydrogen-bond donors (Lipinski definition) is 0. The minimum atomic E-state index is 0.0460. The molecule has 0 bridgehead atoms. The first-order valence-electron chi connectivity index (χ1n) is 8.39. The van der Waals surface area contributed by atoms with E-state index in [1.54, 1.807) is 23.8 Å². The van der Waals surface area contributed by atoms with E-state index in [0.717, 1.165) is 63.0 Å². The van der Waals surface area contributed by atoms with Crippen molar-refractivity contribution < 1.29 is 13.9 Å². The number of ether oxygens (including phenoxy) is 1. The van der Waals surface area contributed by atoms with Crippen LogP contribution in [0.25, 0.3) is 0 Å². The van der Waals surface area contributed by atoms with Crippen LogP contribution in [0.3, 0.4) is 0 Å². The van der Waals surface area contributed by atoms with Crippen LogP contribution in [-0.2, 0) is 11.3 Å². The molecular formula is C17H21N3O3S. The third-order valence-electron chi connectivity index (χ3n) is 4.63. The molecule has 1 atom stereocenters. The van der Waals surface area contributed by atoms with Crippen LogP contribution in [0.1, 0.15) is 40.0 Å². The summed E-state index contributed by atoms with van der Waals surface area (Å²) < 4.78 is 11.0. The number of carbonyl (C=O) groups excluding carboxylic acids is 1. The first kappa shape index (κ1) is 15.8. The summed E-state index contributed by atoms with van der Waals surface area (Å²) in [4.78, 5) is 21.5. The molecule has 2 aromatic heterocycles. The van der Waals surface area contributed by atoms with Crippen molar-refractivity contribution in [3.63, 3.8) is 0 Å². The van der Waals surface area contributed by atoms with E-state index in [1.165, 1.54) is 0 Å². The van der Waals surface area contributed by atoms with Crippen molar-refractivity contribution in [3.05, 3.63) is 40.2 Å².